The van der Waals surface area contributed by atoms with Crippen LogP contribution in [0.4, 0.5) is 0 Å². The molecule has 0 N–H and O–H groups in total. The van der Waals surface area contributed by atoms with E-state index in [1.54, 1.807) is 12.1 Å². The summed E-state index contributed by atoms with van der Waals surface area (Å²) in [5.74, 6) is 0.140. The largest absolute Gasteiger partial charge is 0.341 e. The Labute approximate surface area is 161 Å². The average molecular weight is 391 g/mol. The number of likely N-dealkylation sites (tertiary alicyclic amines) is 1. The zero-order valence-corrected chi connectivity index (χ0v) is 16.5. The Kier molecular flexibility index (Phi) is 6.15. The number of nitrogens with zero attached hydrogens (tertiary/aromatic N) is 4. The number of benzene rings is 1. The molecule has 1 aromatic rings. The SMILES string of the molecule is CC(C(=O)N1CCCCC1)N1CCN(S(=O)(=O)c2ccccc2C#N)CC1. The Morgan fingerprint density at radius 3 is 2.30 bits per heavy atom. The zero-order chi connectivity index (χ0) is 19.4. The van der Waals surface area contributed by atoms with Gasteiger partial charge in [-0.25, -0.2) is 8.42 Å². The minimum absolute atomic E-state index is 0.0541. The summed E-state index contributed by atoms with van der Waals surface area (Å²) in [5.41, 5.74) is 0.161. The lowest BCUT2D eigenvalue weighted by Crippen LogP contribution is -2.56. The molecule has 0 bridgehead atoms. The van der Waals surface area contributed by atoms with E-state index in [2.05, 4.69) is 4.90 Å². The van der Waals surface area contributed by atoms with Crippen molar-refractivity contribution in [3.8, 4) is 6.07 Å². The van der Waals surface area contributed by atoms with Crippen LogP contribution < -0.4 is 0 Å². The summed E-state index contributed by atoms with van der Waals surface area (Å²) in [6, 6.07) is 7.99. The lowest BCUT2D eigenvalue weighted by molar-refractivity contribution is -0.137. The number of piperazine rings is 1. The summed E-state index contributed by atoms with van der Waals surface area (Å²) in [6.45, 7) is 5.21. The second-order valence-electron chi connectivity index (χ2n) is 7.11. The lowest BCUT2D eigenvalue weighted by Gasteiger charge is -2.39. The van der Waals surface area contributed by atoms with Crippen molar-refractivity contribution in [2.75, 3.05) is 39.3 Å². The predicted molar refractivity (Wildman–Crippen MR) is 101 cm³/mol. The van der Waals surface area contributed by atoms with Gasteiger partial charge in [-0.3, -0.25) is 9.69 Å². The van der Waals surface area contributed by atoms with Gasteiger partial charge in [-0.1, -0.05) is 12.1 Å². The summed E-state index contributed by atoms with van der Waals surface area (Å²) in [5, 5.41) is 9.20. The third-order valence-corrected chi connectivity index (χ3v) is 7.43. The number of nitriles is 1. The molecule has 2 aliphatic heterocycles. The number of piperidine rings is 1. The summed E-state index contributed by atoms with van der Waals surface area (Å²) in [6.07, 6.45) is 3.30. The predicted octanol–water partition coefficient (Wildman–Crippen LogP) is 1.27. The van der Waals surface area contributed by atoms with E-state index >= 15 is 0 Å². The minimum Gasteiger partial charge on any atom is -0.341 e. The second-order valence-corrected chi connectivity index (χ2v) is 9.02. The van der Waals surface area contributed by atoms with Crippen LogP contribution in [0.1, 0.15) is 31.7 Å². The van der Waals surface area contributed by atoms with E-state index < -0.39 is 10.0 Å². The van der Waals surface area contributed by atoms with Crippen molar-refractivity contribution in [2.24, 2.45) is 0 Å². The number of hydrogen-bond donors (Lipinski definition) is 0. The average Bonchev–Trinajstić information content (AvgIpc) is 2.73. The molecule has 1 unspecified atom stereocenters. The summed E-state index contributed by atoms with van der Waals surface area (Å²) in [7, 11) is -3.71. The Morgan fingerprint density at radius 2 is 1.67 bits per heavy atom. The molecule has 0 saturated carbocycles. The van der Waals surface area contributed by atoms with Gasteiger partial charge in [-0.15, -0.1) is 0 Å². The van der Waals surface area contributed by atoms with Gasteiger partial charge in [-0.2, -0.15) is 9.57 Å². The Balaban J connectivity index is 1.64. The highest BCUT2D eigenvalue weighted by Gasteiger charge is 2.34. The molecular formula is C19H26N4O3S. The van der Waals surface area contributed by atoms with Crippen LogP contribution in [0.15, 0.2) is 29.2 Å². The van der Waals surface area contributed by atoms with E-state index in [4.69, 9.17) is 0 Å². The van der Waals surface area contributed by atoms with Crippen LogP contribution in [0.3, 0.4) is 0 Å². The molecule has 2 heterocycles. The van der Waals surface area contributed by atoms with Crippen molar-refractivity contribution in [1.82, 2.24) is 14.1 Å². The molecule has 3 rings (SSSR count). The van der Waals surface area contributed by atoms with Crippen molar-refractivity contribution in [1.29, 1.82) is 5.26 Å². The van der Waals surface area contributed by atoms with Crippen LogP contribution in [0.5, 0.6) is 0 Å². The molecule has 8 heteroatoms. The van der Waals surface area contributed by atoms with Gasteiger partial charge in [0.1, 0.15) is 6.07 Å². The fraction of sp³-hybridized carbons (Fsp3) is 0.579. The molecule has 2 aliphatic rings. The molecule has 0 aromatic heterocycles. The van der Waals surface area contributed by atoms with Crippen LogP contribution in [-0.2, 0) is 14.8 Å². The number of hydrogen-bond acceptors (Lipinski definition) is 5. The maximum atomic E-state index is 12.9. The van der Waals surface area contributed by atoms with E-state index in [9.17, 15) is 18.5 Å². The first kappa shape index (κ1) is 19.8. The van der Waals surface area contributed by atoms with E-state index in [0.717, 1.165) is 25.9 Å². The number of amides is 1. The molecule has 2 fully saturated rings. The third-order valence-electron chi connectivity index (χ3n) is 5.47. The Hall–Kier alpha value is -1.95. The van der Waals surface area contributed by atoms with Gasteiger partial charge in [0.15, 0.2) is 0 Å². The van der Waals surface area contributed by atoms with Crippen LogP contribution in [0.2, 0.25) is 0 Å². The van der Waals surface area contributed by atoms with Crippen LogP contribution in [0.25, 0.3) is 0 Å². The highest BCUT2D eigenvalue weighted by atomic mass is 32.2. The monoisotopic (exact) mass is 390 g/mol. The number of sulfonamides is 1. The van der Waals surface area contributed by atoms with Gasteiger partial charge >= 0.3 is 0 Å². The van der Waals surface area contributed by atoms with E-state index in [1.165, 1.54) is 22.9 Å². The van der Waals surface area contributed by atoms with Crippen molar-refractivity contribution < 1.29 is 13.2 Å². The van der Waals surface area contributed by atoms with Crippen LogP contribution >= 0.6 is 0 Å². The van der Waals surface area contributed by atoms with Gasteiger partial charge in [0.25, 0.3) is 0 Å². The van der Waals surface area contributed by atoms with Gasteiger partial charge in [-0.05, 0) is 38.3 Å². The van der Waals surface area contributed by atoms with Gasteiger partial charge in [0.2, 0.25) is 15.9 Å². The minimum atomic E-state index is -3.71. The smallest absolute Gasteiger partial charge is 0.244 e. The first-order valence-electron chi connectivity index (χ1n) is 9.47. The first-order chi connectivity index (χ1) is 12.9. The summed E-state index contributed by atoms with van der Waals surface area (Å²) >= 11 is 0. The third kappa shape index (κ3) is 4.15. The Morgan fingerprint density at radius 1 is 1.04 bits per heavy atom. The molecule has 0 spiro atoms. The molecule has 146 valence electrons. The van der Waals surface area contributed by atoms with Crippen molar-refractivity contribution in [3.63, 3.8) is 0 Å². The molecule has 1 amide bonds. The van der Waals surface area contributed by atoms with Crippen LogP contribution in [0, 0.1) is 11.3 Å². The summed E-state index contributed by atoms with van der Waals surface area (Å²) < 4.78 is 27.2. The maximum absolute atomic E-state index is 12.9. The fourth-order valence-electron chi connectivity index (χ4n) is 3.79. The zero-order valence-electron chi connectivity index (χ0n) is 15.7. The van der Waals surface area contributed by atoms with Crippen LogP contribution in [-0.4, -0.2) is 73.7 Å². The van der Waals surface area contributed by atoms with Gasteiger partial charge in [0, 0.05) is 39.3 Å². The number of carbonyl (C=O) groups is 1. The standard InChI is InChI=1S/C19H26N4O3S/c1-16(19(24)22-9-5-2-6-10-22)21-11-13-23(14-12-21)27(25,26)18-8-4-3-7-17(18)15-20/h3-4,7-8,16H,2,5-6,9-14H2,1H3. The second kappa shape index (κ2) is 8.38. The topological polar surface area (TPSA) is 84.7 Å². The first-order valence-corrected chi connectivity index (χ1v) is 10.9. The molecule has 27 heavy (non-hydrogen) atoms. The van der Waals surface area contributed by atoms with Crippen molar-refractivity contribution in [3.05, 3.63) is 29.8 Å². The molecular weight excluding hydrogens is 364 g/mol. The molecule has 0 radical (unpaired) electrons. The van der Waals surface area contributed by atoms with Crippen molar-refractivity contribution in [2.45, 2.75) is 37.1 Å². The lowest BCUT2D eigenvalue weighted by atomic mass is 10.1. The quantitative estimate of drug-likeness (QED) is 0.773. The Bertz CT molecular complexity index is 820. The van der Waals surface area contributed by atoms with E-state index in [0.29, 0.717) is 26.2 Å². The van der Waals surface area contributed by atoms with Gasteiger partial charge < -0.3 is 4.90 Å². The maximum Gasteiger partial charge on any atom is 0.244 e. The number of carbonyl (C=O) groups excluding carboxylic acids is 1. The molecule has 1 atom stereocenters. The number of rotatable bonds is 4. The molecule has 7 nitrogen and oxygen atoms in total. The molecule has 2 saturated heterocycles. The highest BCUT2D eigenvalue weighted by molar-refractivity contribution is 7.89. The van der Waals surface area contributed by atoms with Gasteiger partial charge in [0.05, 0.1) is 16.5 Å². The van der Waals surface area contributed by atoms with Crippen molar-refractivity contribution >= 4 is 15.9 Å². The fourth-order valence-corrected chi connectivity index (χ4v) is 5.35. The normalized spacial score (nSPS) is 20.8. The molecule has 0 aliphatic carbocycles. The van der Waals surface area contributed by atoms with E-state index in [-0.39, 0.29) is 22.4 Å². The summed E-state index contributed by atoms with van der Waals surface area (Å²) in [4.78, 5) is 16.7. The molecule has 1 aromatic carbocycles. The highest BCUT2D eigenvalue weighted by Crippen LogP contribution is 2.22. The van der Waals surface area contributed by atoms with E-state index in [1.807, 2.05) is 17.9 Å².